The van der Waals surface area contributed by atoms with Gasteiger partial charge in [-0.05, 0) is 26.3 Å². The molecule has 0 saturated carbocycles. The molecule has 2 heterocycles. The summed E-state index contributed by atoms with van der Waals surface area (Å²) >= 11 is 3.40. The molecule has 0 spiro atoms. The third-order valence-electron chi connectivity index (χ3n) is 3.51. The maximum atomic E-state index is 4.76. The van der Waals surface area contributed by atoms with Crippen molar-refractivity contribution in [1.82, 2.24) is 19.7 Å². The highest BCUT2D eigenvalue weighted by atomic mass is 32.2. The molecule has 0 aliphatic carbocycles. The largest absolute Gasteiger partial charge is 0.306 e. The van der Waals surface area contributed by atoms with Crippen LogP contribution in [0.15, 0.2) is 34.8 Å². The van der Waals surface area contributed by atoms with Crippen molar-refractivity contribution in [2.24, 2.45) is 0 Å². The summed E-state index contributed by atoms with van der Waals surface area (Å²) in [5.41, 5.74) is 3.55. The summed E-state index contributed by atoms with van der Waals surface area (Å²) in [7, 11) is 0. The van der Waals surface area contributed by atoms with Crippen molar-refractivity contribution in [1.29, 1.82) is 0 Å². The van der Waals surface area contributed by atoms with Gasteiger partial charge in [0.2, 0.25) is 0 Å². The first kappa shape index (κ1) is 16.2. The number of thioether (sulfide) groups is 1. The summed E-state index contributed by atoms with van der Waals surface area (Å²) in [4.78, 5) is 4.76. The highest BCUT2D eigenvalue weighted by molar-refractivity contribution is 7.98. The molecule has 0 fully saturated rings. The first-order chi connectivity index (χ1) is 11.2. The van der Waals surface area contributed by atoms with E-state index < -0.39 is 0 Å². The average Bonchev–Trinajstić information content (AvgIpc) is 3.14. The van der Waals surface area contributed by atoms with Gasteiger partial charge in [-0.1, -0.05) is 42.4 Å². The monoisotopic (exact) mass is 344 g/mol. The second-order valence-electron chi connectivity index (χ2n) is 5.48. The smallest absolute Gasteiger partial charge is 0.191 e. The van der Waals surface area contributed by atoms with Gasteiger partial charge in [0.25, 0.3) is 0 Å². The van der Waals surface area contributed by atoms with Crippen LogP contribution >= 0.6 is 23.1 Å². The molecule has 0 atom stereocenters. The number of nitrogens with zero attached hydrogens (tertiary/aromatic N) is 4. The summed E-state index contributed by atoms with van der Waals surface area (Å²) in [5.74, 6) is 1.80. The quantitative estimate of drug-likeness (QED) is 0.607. The van der Waals surface area contributed by atoms with Crippen molar-refractivity contribution in [3.05, 3.63) is 46.7 Å². The molecule has 0 N–H and O–H groups in total. The number of thiazole rings is 1. The highest BCUT2D eigenvalue weighted by Gasteiger charge is 2.11. The Bertz CT molecular complexity index is 791. The first-order valence-electron chi connectivity index (χ1n) is 7.71. The van der Waals surface area contributed by atoms with E-state index in [1.807, 2.05) is 6.92 Å². The maximum Gasteiger partial charge on any atom is 0.191 e. The molecule has 0 unspecified atom stereocenters. The third-order valence-corrected chi connectivity index (χ3v) is 5.46. The molecule has 1 aromatic carbocycles. The van der Waals surface area contributed by atoms with Crippen LogP contribution in [-0.2, 0) is 12.3 Å². The summed E-state index contributed by atoms with van der Waals surface area (Å²) in [6.07, 6.45) is 1.08. The minimum atomic E-state index is 0.824. The van der Waals surface area contributed by atoms with Crippen LogP contribution < -0.4 is 0 Å². The molecule has 3 rings (SSSR count). The Morgan fingerprint density at radius 3 is 2.87 bits per heavy atom. The number of hydrogen-bond acceptors (Lipinski definition) is 5. The molecule has 120 valence electrons. The molecular formula is C17H20N4S2. The van der Waals surface area contributed by atoms with E-state index in [4.69, 9.17) is 4.98 Å². The van der Waals surface area contributed by atoms with E-state index in [0.29, 0.717) is 0 Å². The minimum absolute atomic E-state index is 0.824. The van der Waals surface area contributed by atoms with Crippen LogP contribution in [-0.4, -0.2) is 19.7 Å². The zero-order valence-electron chi connectivity index (χ0n) is 13.6. The Hall–Kier alpha value is -1.66. The summed E-state index contributed by atoms with van der Waals surface area (Å²) < 4.78 is 2.18. The van der Waals surface area contributed by atoms with Crippen LogP contribution in [0.5, 0.6) is 0 Å². The van der Waals surface area contributed by atoms with Gasteiger partial charge in [-0.2, -0.15) is 0 Å². The number of benzene rings is 1. The second kappa shape index (κ2) is 7.27. The molecule has 23 heavy (non-hydrogen) atoms. The molecule has 0 aliphatic rings. The van der Waals surface area contributed by atoms with Crippen molar-refractivity contribution in [2.45, 2.75) is 44.6 Å². The lowest BCUT2D eigenvalue weighted by Gasteiger charge is -2.05. The first-order valence-corrected chi connectivity index (χ1v) is 9.58. The fourth-order valence-corrected chi connectivity index (χ4v) is 4.20. The number of aromatic nitrogens is 4. The van der Waals surface area contributed by atoms with E-state index in [-0.39, 0.29) is 0 Å². The summed E-state index contributed by atoms with van der Waals surface area (Å²) in [6.45, 7) is 7.25. The Morgan fingerprint density at radius 1 is 1.22 bits per heavy atom. The lowest BCUT2D eigenvalue weighted by molar-refractivity contribution is 0.605. The molecule has 2 aromatic heterocycles. The fraction of sp³-hybridized carbons (Fsp3) is 0.353. The van der Waals surface area contributed by atoms with Crippen molar-refractivity contribution in [3.63, 3.8) is 0 Å². The van der Waals surface area contributed by atoms with E-state index in [0.717, 1.165) is 40.4 Å². The average molecular weight is 345 g/mol. The Morgan fingerprint density at radius 2 is 2.09 bits per heavy atom. The third kappa shape index (κ3) is 3.82. The van der Waals surface area contributed by atoms with Crippen molar-refractivity contribution >= 4 is 23.1 Å². The molecule has 0 amide bonds. The van der Waals surface area contributed by atoms with Gasteiger partial charge in [-0.15, -0.1) is 21.5 Å². The normalized spacial score (nSPS) is 11.1. The van der Waals surface area contributed by atoms with Gasteiger partial charge >= 0.3 is 0 Å². The molecule has 6 heteroatoms. The molecule has 0 bridgehead atoms. The zero-order chi connectivity index (χ0) is 16.2. The van der Waals surface area contributed by atoms with E-state index in [2.05, 4.69) is 58.3 Å². The van der Waals surface area contributed by atoms with Gasteiger partial charge in [0, 0.05) is 23.2 Å². The standard InChI is InChI=1S/C17H20N4S2/c1-4-8-21-13(3)19-20-17(21)23-11-15-10-22-16(18-15)14-7-5-6-12(2)9-14/h5-7,9-10H,4,8,11H2,1-3H3. The molecule has 0 aliphatic heterocycles. The molecule has 0 saturated heterocycles. The predicted octanol–water partition coefficient (Wildman–Crippen LogP) is 4.72. The van der Waals surface area contributed by atoms with Crippen LogP contribution in [0.3, 0.4) is 0 Å². The number of rotatable bonds is 6. The van der Waals surface area contributed by atoms with Gasteiger partial charge in [0.15, 0.2) is 5.16 Å². The van der Waals surface area contributed by atoms with Gasteiger partial charge < -0.3 is 4.57 Å². The van der Waals surface area contributed by atoms with Crippen molar-refractivity contribution < 1.29 is 0 Å². The van der Waals surface area contributed by atoms with Crippen LogP contribution in [0.1, 0.15) is 30.4 Å². The highest BCUT2D eigenvalue weighted by Crippen LogP contribution is 2.28. The van der Waals surface area contributed by atoms with Crippen LogP contribution in [0.25, 0.3) is 10.6 Å². The molecule has 0 radical (unpaired) electrons. The maximum absolute atomic E-state index is 4.76. The van der Waals surface area contributed by atoms with Gasteiger partial charge in [-0.25, -0.2) is 4.98 Å². The van der Waals surface area contributed by atoms with Crippen molar-refractivity contribution in [3.8, 4) is 10.6 Å². The van der Waals surface area contributed by atoms with E-state index >= 15 is 0 Å². The van der Waals surface area contributed by atoms with Crippen LogP contribution in [0, 0.1) is 13.8 Å². The fourth-order valence-electron chi connectivity index (χ4n) is 2.37. The zero-order valence-corrected chi connectivity index (χ0v) is 15.2. The second-order valence-corrected chi connectivity index (χ2v) is 7.28. The molecular weight excluding hydrogens is 324 g/mol. The Balaban J connectivity index is 1.70. The van der Waals surface area contributed by atoms with E-state index in [1.54, 1.807) is 23.1 Å². The molecule has 3 aromatic rings. The molecule has 4 nitrogen and oxygen atoms in total. The van der Waals surface area contributed by atoms with Gasteiger partial charge in [0.05, 0.1) is 5.69 Å². The van der Waals surface area contributed by atoms with E-state index in [9.17, 15) is 0 Å². The topological polar surface area (TPSA) is 43.6 Å². The lowest BCUT2D eigenvalue weighted by atomic mass is 10.1. The van der Waals surface area contributed by atoms with Crippen LogP contribution in [0.4, 0.5) is 0 Å². The summed E-state index contributed by atoms with van der Waals surface area (Å²) in [5, 5.41) is 12.7. The van der Waals surface area contributed by atoms with E-state index in [1.165, 1.54) is 11.1 Å². The SMILES string of the molecule is CCCn1c(C)nnc1SCc1csc(-c2cccc(C)c2)n1. The number of hydrogen-bond donors (Lipinski definition) is 0. The Labute approximate surface area is 145 Å². The Kier molecular flexibility index (Phi) is 5.13. The number of aryl methyl sites for hydroxylation is 2. The minimum Gasteiger partial charge on any atom is -0.306 e. The van der Waals surface area contributed by atoms with Crippen LogP contribution in [0.2, 0.25) is 0 Å². The van der Waals surface area contributed by atoms with Gasteiger partial charge in [-0.3, -0.25) is 0 Å². The lowest BCUT2D eigenvalue weighted by Crippen LogP contribution is -2.01. The predicted molar refractivity (Wildman–Crippen MR) is 96.9 cm³/mol. The van der Waals surface area contributed by atoms with Gasteiger partial charge in [0.1, 0.15) is 10.8 Å². The van der Waals surface area contributed by atoms with Crippen molar-refractivity contribution in [2.75, 3.05) is 0 Å². The summed E-state index contributed by atoms with van der Waals surface area (Å²) in [6, 6.07) is 8.48.